The molecule has 1 heterocycles. The van der Waals surface area contributed by atoms with Crippen molar-refractivity contribution in [1.82, 2.24) is 10.2 Å². The molecule has 1 aromatic carbocycles. The van der Waals surface area contributed by atoms with Crippen molar-refractivity contribution in [2.45, 2.75) is 94.7 Å². The van der Waals surface area contributed by atoms with E-state index < -0.39 is 27.8 Å². The Kier molecular flexibility index (Phi) is 14.9. The monoisotopic (exact) mass is 660 g/mol. The number of aryl methyl sites for hydroxylation is 1. The lowest BCUT2D eigenvalue weighted by Gasteiger charge is -2.24. The molecule has 1 saturated carbocycles. The van der Waals surface area contributed by atoms with Gasteiger partial charge in [-0.2, -0.15) is 11.8 Å². The van der Waals surface area contributed by atoms with Gasteiger partial charge in [-0.25, -0.2) is 13.2 Å². The van der Waals surface area contributed by atoms with Gasteiger partial charge in [0.25, 0.3) is 5.91 Å². The van der Waals surface area contributed by atoms with Crippen LogP contribution < -0.4 is 5.32 Å². The van der Waals surface area contributed by atoms with Gasteiger partial charge in [-0.05, 0) is 63.2 Å². The lowest BCUT2D eigenvalue weighted by molar-refractivity contribution is -0.141. The summed E-state index contributed by atoms with van der Waals surface area (Å²) >= 11 is 2.17. The molecule has 0 bridgehead atoms. The first kappa shape index (κ1) is 37.1. The van der Waals surface area contributed by atoms with Crippen molar-refractivity contribution < 1.29 is 27.9 Å². The molecule has 2 aliphatic rings. The van der Waals surface area contributed by atoms with Crippen LogP contribution in [-0.2, 0) is 24.2 Å². The molecule has 2 fully saturated rings. The maximum Gasteiger partial charge on any atom is 0.326 e. The van der Waals surface area contributed by atoms with Gasteiger partial charge in [0.15, 0.2) is 0 Å². The molecule has 0 aromatic heterocycles. The maximum absolute atomic E-state index is 13.7. The van der Waals surface area contributed by atoms with Crippen molar-refractivity contribution in [2.75, 3.05) is 38.8 Å². The van der Waals surface area contributed by atoms with Gasteiger partial charge in [0.05, 0.1) is 12.4 Å². The zero-order valence-electron chi connectivity index (χ0n) is 27.6. The van der Waals surface area contributed by atoms with Gasteiger partial charge < -0.3 is 15.2 Å². The first-order valence-corrected chi connectivity index (χ1v) is 19.1. The average molecular weight is 661 g/mol. The highest BCUT2D eigenvalue weighted by molar-refractivity contribution is 8.00. The molecule has 0 spiro atoms. The van der Waals surface area contributed by atoms with Gasteiger partial charge in [-0.15, -0.1) is 0 Å². The van der Waals surface area contributed by atoms with Crippen LogP contribution in [0.1, 0.15) is 76.3 Å². The summed E-state index contributed by atoms with van der Waals surface area (Å²) in [6.45, 7) is 8.26. The molecule has 1 aliphatic heterocycles. The molecule has 10 heteroatoms. The number of methoxy groups -OCH3 is 1. The lowest BCUT2D eigenvalue weighted by Crippen LogP contribution is -2.42. The molecule has 2 N–H and O–H groups in total. The number of amides is 1. The average Bonchev–Trinajstić information content (AvgIpc) is 3.15. The number of carboxylic acids is 1. The van der Waals surface area contributed by atoms with Crippen molar-refractivity contribution >= 4 is 39.0 Å². The summed E-state index contributed by atoms with van der Waals surface area (Å²) < 4.78 is 29.1. The molecule has 1 saturated heterocycles. The standard InChI is InChI=1S/C35H52N2O6S2/c1-6-13-31(34(38)36-33(35(39)40)18-19-45(5,41)42)32(30-17-12-11-14-26(30)3)20-25(2)22-37-23-29(21-27(37)24-43-4)44-28-15-9-7-8-10-16-28/h6,11-14,17,20,27-29,33H,7-10,15-16,18-19,21-24H2,1-5H3,(H,36,38)(H,39,40)/b13-6-,25-20+,32-31-/t27-,29-,33?/m0/s1. The predicted molar refractivity (Wildman–Crippen MR) is 185 cm³/mol. The number of nitrogens with zero attached hydrogens (tertiary/aromatic N) is 1. The lowest BCUT2D eigenvalue weighted by atomic mass is 9.93. The van der Waals surface area contributed by atoms with Crippen LogP contribution in [0, 0.1) is 6.92 Å². The van der Waals surface area contributed by atoms with Crippen LogP contribution >= 0.6 is 11.8 Å². The fraction of sp³-hybridized carbons (Fsp3) is 0.600. The minimum absolute atomic E-state index is 0.215. The highest BCUT2D eigenvalue weighted by Crippen LogP contribution is 2.36. The van der Waals surface area contributed by atoms with Crippen LogP contribution in [0.25, 0.3) is 5.57 Å². The van der Waals surface area contributed by atoms with E-state index in [0.29, 0.717) is 29.0 Å². The van der Waals surface area contributed by atoms with Crippen LogP contribution in [0.15, 0.2) is 53.6 Å². The van der Waals surface area contributed by atoms with Crippen LogP contribution in [-0.4, -0.2) is 91.7 Å². The second kappa shape index (κ2) is 18.1. The first-order valence-electron chi connectivity index (χ1n) is 16.1. The van der Waals surface area contributed by atoms with E-state index in [2.05, 4.69) is 28.9 Å². The molecule has 1 unspecified atom stereocenters. The highest BCUT2D eigenvalue weighted by atomic mass is 32.2. The highest BCUT2D eigenvalue weighted by Gasteiger charge is 2.34. The van der Waals surface area contributed by atoms with E-state index in [4.69, 9.17) is 4.74 Å². The number of likely N-dealkylation sites (tertiary alicyclic amines) is 1. The molecule has 250 valence electrons. The molecular weight excluding hydrogens is 609 g/mol. The van der Waals surface area contributed by atoms with Crippen molar-refractivity contribution in [1.29, 1.82) is 0 Å². The Balaban J connectivity index is 1.92. The van der Waals surface area contributed by atoms with Crippen LogP contribution in [0.2, 0.25) is 0 Å². The number of nitrogens with one attached hydrogen (secondary N) is 1. The van der Waals surface area contributed by atoms with Gasteiger partial charge >= 0.3 is 5.97 Å². The summed E-state index contributed by atoms with van der Waals surface area (Å²) in [5.41, 5.74) is 3.96. The molecule has 1 aromatic rings. The largest absolute Gasteiger partial charge is 0.480 e. The molecule has 1 amide bonds. The predicted octanol–water partition coefficient (Wildman–Crippen LogP) is 5.82. The summed E-state index contributed by atoms with van der Waals surface area (Å²) in [6.07, 6.45) is 15.4. The molecule has 3 rings (SSSR count). The number of benzene rings is 1. The third kappa shape index (κ3) is 12.0. The third-order valence-corrected chi connectivity index (χ3v) is 11.1. The summed E-state index contributed by atoms with van der Waals surface area (Å²) in [5, 5.41) is 13.7. The van der Waals surface area contributed by atoms with Crippen molar-refractivity contribution in [2.24, 2.45) is 0 Å². The number of rotatable bonds is 15. The fourth-order valence-corrected chi connectivity index (χ4v) is 8.74. The summed E-state index contributed by atoms with van der Waals surface area (Å²) in [4.78, 5) is 28.2. The zero-order chi connectivity index (χ0) is 33.0. The van der Waals surface area contributed by atoms with Crippen molar-refractivity contribution in [3.8, 4) is 0 Å². The number of ether oxygens (including phenoxy) is 1. The molecule has 1 aliphatic carbocycles. The number of carbonyl (C=O) groups excluding carboxylic acids is 1. The number of aliphatic carboxylic acids is 1. The fourth-order valence-electron chi connectivity index (χ4n) is 6.31. The Morgan fingerprint density at radius 3 is 2.44 bits per heavy atom. The van der Waals surface area contributed by atoms with Crippen LogP contribution in [0.5, 0.6) is 0 Å². The van der Waals surface area contributed by atoms with Crippen LogP contribution in [0.4, 0.5) is 0 Å². The molecule has 3 atom stereocenters. The second-order valence-corrected chi connectivity index (χ2v) is 16.4. The minimum Gasteiger partial charge on any atom is -0.480 e. The van der Waals surface area contributed by atoms with Gasteiger partial charge in [0.2, 0.25) is 0 Å². The number of hydrogen-bond acceptors (Lipinski definition) is 7. The van der Waals surface area contributed by atoms with Gasteiger partial charge in [0, 0.05) is 48.6 Å². The van der Waals surface area contributed by atoms with Crippen molar-refractivity contribution in [3.05, 3.63) is 64.8 Å². The number of carboxylic acid groups (broad SMARTS) is 1. The molecule has 0 radical (unpaired) electrons. The second-order valence-electron chi connectivity index (χ2n) is 12.6. The van der Waals surface area contributed by atoms with Gasteiger partial charge in [-0.3, -0.25) is 9.69 Å². The Bertz CT molecular complexity index is 1350. The number of hydrogen-bond donors (Lipinski definition) is 2. The van der Waals surface area contributed by atoms with E-state index in [9.17, 15) is 23.1 Å². The molecule has 45 heavy (non-hydrogen) atoms. The van der Waals surface area contributed by atoms with Crippen LogP contribution in [0.3, 0.4) is 0 Å². The number of carbonyl (C=O) groups is 2. The number of allylic oxidation sites excluding steroid dienone is 3. The van der Waals surface area contributed by atoms with E-state index in [1.165, 1.54) is 38.5 Å². The van der Waals surface area contributed by atoms with E-state index in [0.717, 1.165) is 47.7 Å². The maximum atomic E-state index is 13.7. The number of thioether (sulfide) groups is 1. The molecule has 8 nitrogen and oxygen atoms in total. The Morgan fingerprint density at radius 2 is 1.84 bits per heavy atom. The Labute approximate surface area is 274 Å². The zero-order valence-corrected chi connectivity index (χ0v) is 29.2. The smallest absolute Gasteiger partial charge is 0.326 e. The van der Waals surface area contributed by atoms with Gasteiger partial charge in [-0.1, -0.05) is 73.7 Å². The van der Waals surface area contributed by atoms with E-state index in [1.807, 2.05) is 44.2 Å². The van der Waals surface area contributed by atoms with E-state index in [1.54, 1.807) is 19.3 Å². The third-order valence-electron chi connectivity index (χ3n) is 8.56. The topological polar surface area (TPSA) is 113 Å². The number of sulfone groups is 1. The Hall–Kier alpha value is -2.40. The quantitative estimate of drug-likeness (QED) is 0.138. The molecular formula is C35H52N2O6S2. The summed E-state index contributed by atoms with van der Waals surface area (Å²) in [5.74, 6) is -2.17. The van der Waals surface area contributed by atoms with Gasteiger partial charge in [0.1, 0.15) is 15.9 Å². The normalized spacial score (nSPS) is 21.8. The van der Waals surface area contributed by atoms with Crippen molar-refractivity contribution in [3.63, 3.8) is 0 Å². The first-order chi connectivity index (χ1) is 21.4. The summed E-state index contributed by atoms with van der Waals surface area (Å²) in [6, 6.07) is 6.80. The minimum atomic E-state index is -3.40. The summed E-state index contributed by atoms with van der Waals surface area (Å²) in [7, 11) is -1.64. The van der Waals surface area contributed by atoms with E-state index in [-0.39, 0.29) is 12.2 Å². The van der Waals surface area contributed by atoms with E-state index >= 15 is 0 Å². The SMILES string of the molecule is C\C=C/C(C(=O)NC(CCS(C)(=O)=O)C(=O)O)=C(\C=C(/C)CN1C[C@@H](SC2CCCCCC2)C[C@H]1COC)c1ccccc1C. The Morgan fingerprint density at radius 1 is 1.16 bits per heavy atom.